The molecule has 0 amide bonds. The maximum absolute atomic E-state index is 4.59. The lowest BCUT2D eigenvalue weighted by molar-refractivity contribution is 0.738. The number of hydrogen-bond acceptors (Lipinski definition) is 4. The molecule has 6 rings (SSSR count). The van der Waals surface area contributed by atoms with Crippen LogP contribution in [0.5, 0.6) is 0 Å². The molecule has 0 bridgehead atoms. The van der Waals surface area contributed by atoms with Crippen LogP contribution in [0.25, 0.3) is 50.2 Å². The highest BCUT2D eigenvalue weighted by atomic mass is 15.2. The van der Waals surface area contributed by atoms with Gasteiger partial charge in [-0.1, -0.05) is 24.3 Å². The van der Waals surface area contributed by atoms with Gasteiger partial charge in [0.1, 0.15) is 0 Å². The first-order valence-electron chi connectivity index (χ1n) is 10.1. The Morgan fingerprint density at radius 2 is 1.93 bits per heavy atom. The fraction of sp³-hybridized carbons (Fsp3) is 0.125. The van der Waals surface area contributed by atoms with Crippen LogP contribution in [0.2, 0.25) is 0 Å². The second-order valence-electron chi connectivity index (χ2n) is 7.54. The molecule has 0 atom stereocenters. The first kappa shape index (κ1) is 17.1. The van der Waals surface area contributed by atoms with Gasteiger partial charge in [0, 0.05) is 40.8 Å². The number of hydrogen-bond donors (Lipinski definition) is 3. The van der Waals surface area contributed by atoms with Gasteiger partial charge in [0.15, 0.2) is 5.65 Å². The largest absolute Gasteiger partial charge is 0.353 e. The lowest BCUT2D eigenvalue weighted by atomic mass is 10.0. The van der Waals surface area contributed by atoms with Crippen molar-refractivity contribution >= 4 is 27.5 Å². The van der Waals surface area contributed by atoms with E-state index in [4.69, 9.17) is 0 Å². The minimum Gasteiger partial charge on any atom is -0.353 e. The number of fused-ring (bicyclic) bond motifs is 2. The molecule has 0 spiro atoms. The third-order valence-electron chi connectivity index (χ3n) is 5.72. The van der Waals surface area contributed by atoms with Gasteiger partial charge in [0.25, 0.3) is 0 Å². The van der Waals surface area contributed by atoms with Crippen molar-refractivity contribution in [2.75, 3.05) is 13.1 Å². The quantitative estimate of drug-likeness (QED) is 0.421. The summed E-state index contributed by atoms with van der Waals surface area (Å²) in [6.45, 7) is 1.91. The second-order valence-corrected chi connectivity index (χ2v) is 7.54. The molecule has 0 aliphatic carbocycles. The topological polar surface area (TPSA) is 82.3 Å². The van der Waals surface area contributed by atoms with Crippen LogP contribution in [0.3, 0.4) is 0 Å². The smallest absolute Gasteiger partial charge is 0.181 e. The normalized spacial score (nSPS) is 14.3. The monoisotopic (exact) mass is 392 g/mol. The summed E-state index contributed by atoms with van der Waals surface area (Å²) in [5.74, 6) is 0. The van der Waals surface area contributed by atoms with Gasteiger partial charge < -0.3 is 10.3 Å². The molecule has 4 aromatic heterocycles. The summed E-state index contributed by atoms with van der Waals surface area (Å²) in [6, 6.07) is 16.6. The minimum absolute atomic E-state index is 0.729. The molecule has 146 valence electrons. The molecule has 0 fully saturated rings. The molecule has 3 N–H and O–H groups in total. The molecule has 5 heterocycles. The van der Waals surface area contributed by atoms with Gasteiger partial charge >= 0.3 is 0 Å². The Morgan fingerprint density at radius 3 is 2.80 bits per heavy atom. The van der Waals surface area contributed by atoms with E-state index < -0.39 is 0 Å². The van der Waals surface area contributed by atoms with Crippen LogP contribution in [0.4, 0.5) is 0 Å². The second kappa shape index (κ2) is 6.93. The highest BCUT2D eigenvalue weighted by Crippen LogP contribution is 2.34. The lowest BCUT2D eigenvalue weighted by Gasteiger charge is -2.13. The number of benzene rings is 1. The van der Waals surface area contributed by atoms with Crippen molar-refractivity contribution in [1.82, 2.24) is 30.5 Å². The summed E-state index contributed by atoms with van der Waals surface area (Å²) in [6.07, 6.45) is 7.01. The van der Waals surface area contributed by atoms with Gasteiger partial charge in [0.05, 0.1) is 17.1 Å². The van der Waals surface area contributed by atoms with E-state index >= 15 is 0 Å². The van der Waals surface area contributed by atoms with Crippen molar-refractivity contribution in [3.8, 4) is 22.6 Å². The molecule has 6 nitrogen and oxygen atoms in total. The lowest BCUT2D eigenvalue weighted by Crippen LogP contribution is -2.20. The van der Waals surface area contributed by atoms with Crippen molar-refractivity contribution < 1.29 is 0 Å². The first-order chi connectivity index (χ1) is 14.9. The molecule has 0 saturated heterocycles. The molecule has 6 heteroatoms. The zero-order chi connectivity index (χ0) is 19.9. The molecular weight excluding hydrogens is 372 g/mol. The molecule has 1 aliphatic rings. The van der Waals surface area contributed by atoms with Gasteiger partial charge in [-0.3, -0.25) is 10.1 Å². The van der Waals surface area contributed by atoms with Crippen LogP contribution >= 0.6 is 0 Å². The van der Waals surface area contributed by atoms with Gasteiger partial charge in [0.2, 0.25) is 0 Å². The number of rotatable bonds is 3. The summed E-state index contributed by atoms with van der Waals surface area (Å²) in [5, 5.41) is 13.1. The van der Waals surface area contributed by atoms with Gasteiger partial charge in [-0.05, 0) is 54.4 Å². The predicted octanol–water partition coefficient (Wildman–Crippen LogP) is 4.54. The Balaban J connectivity index is 1.50. The number of H-pyrrole nitrogens is 2. The fourth-order valence-corrected chi connectivity index (χ4v) is 4.20. The third-order valence-corrected chi connectivity index (χ3v) is 5.72. The maximum Gasteiger partial charge on any atom is 0.181 e. The standard InChI is InChI=1S/C24H20N6/c1-2-9-26-20(5-1)17-4-3-6-21-18(17)13-22(28-21)23-19-12-16(14-27-24(19)30-29-23)15-7-10-25-11-8-15/h1-7,9,12-14,25,28H,8,10-11H2,(H,27,29,30). The Hall–Kier alpha value is -3.77. The molecule has 1 aliphatic heterocycles. The predicted molar refractivity (Wildman–Crippen MR) is 120 cm³/mol. The van der Waals surface area contributed by atoms with E-state index in [2.05, 4.69) is 66.9 Å². The number of pyridine rings is 2. The summed E-state index contributed by atoms with van der Waals surface area (Å²) < 4.78 is 0. The summed E-state index contributed by atoms with van der Waals surface area (Å²) >= 11 is 0. The number of nitrogens with one attached hydrogen (secondary N) is 3. The van der Waals surface area contributed by atoms with Crippen molar-refractivity contribution in [3.05, 3.63) is 72.6 Å². The molecule has 5 aromatic rings. The number of aromatic nitrogens is 5. The Labute approximate surface area is 173 Å². The average molecular weight is 392 g/mol. The van der Waals surface area contributed by atoms with Crippen LogP contribution in [-0.2, 0) is 0 Å². The van der Waals surface area contributed by atoms with Crippen LogP contribution in [-0.4, -0.2) is 38.2 Å². The van der Waals surface area contributed by atoms with Gasteiger partial charge in [-0.15, -0.1) is 0 Å². The van der Waals surface area contributed by atoms with Crippen molar-refractivity contribution in [2.45, 2.75) is 6.42 Å². The van der Waals surface area contributed by atoms with Crippen LogP contribution < -0.4 is 5.32 Å². The van der Waals surface area contributed by atoms with E-state index in [0.29, 0.717) is 0 Å². The molecule has 0 radical (unpaired) electrons. The molecular formula is C24H20N6. The third kappa shape index (κ3) is 2.81. The summed E-state index contributed by atoms with van der Waals surface area (Å²) in [5.41, 5.74) is 8.32. The molecule has 1 aromatic carbocycles. The summed E-state index contributed by atoms with van der Waals surface area (Å²) in [4.78, 5) is 12.7. The van der Waals surface area contributed by atoms with Crippen molar-refractivity contribution in [3.63, 3.8) is 0 Å². The van der Waals surface area contributed by atoms with E-state index in [1.165, 1.54) is 5.57 Å². The number of nitrogens with zero attached hydrogens (tertiary/aromatic N) is 3. The Kier molecular flexibility index (Phi) is 3.95. The van der Waals surface area contributed by atoms with Crippen LogP contribution in [0.15, 0.2) is 67.0 Å². The highest BCUT2D eigenvalue weighted by molar-refractivity contribution is 6.00. The van der Waals surface area contributed by atoms with Crippen LogP contribution in [0.1, 0.15) is 12.0 Å². The minimum atomic E-state index is 0.729. The summed E-state index contributed by atoms with van der Waals surface area (Å²) in [7, 11) is 0. The van der Waals surface area contributed by atoms with E-state index in [1.54, 1.807) is 0 Å². The average Bonchev–Trinajstić information content (AvgIpc) is 3.43. The SMILES string of the molecule is C1=C(c2cnc3n[nH]c(-c4cc5c(-c6ccccn6)cccc5[nH]4)c3c2)CCNC1. The molecule has 30 heavy (non-hydrogen) atoms. The zero-order valence-corrected chi connectivity index (χ0v) is 16.3. The maximum atomic E-state index is 4.59. The highest BCUT2D eigenvalue weighted by Gasteiger charge is 2.15. The van der Waals surface area contributed by atoms with Crippen molar-refractivity contribution in [2.24, 2.45) is 0 Å². The van der Waals surface area contributed by atoms with E-state index in [-0.39, 0.29) is 0 Å². The Morgan fingerprint density at radius 1 is 0.933 bits per heavy atom. The van der Waals surface area contributed by atoms with Crippen LogP contribution in [0, 0.1) is 0 Å². The Bertz CT molecular complexity index is 1390. The fourth-order valence-electron chi connectivity index (χ4n) is 4.20. The zero-order valence-electron chi connectivity index (χ0n) is 16.3. The van der Waals surface area contributed by atoms with Gasteiger partial charge in [-0.25, -0.2) is 4.98 Å². The number of aromatic amines is 2. The molecule has 0 unspecified atom stereocenters. The van der Waals surface area contributed by atoms with Crippen molar-refractivity contribution in [1.29, 1.82) is 0 Å². The first-order valence-corrected chi connectivity index (χ1v) is 10.1. The van der Waals surface area contributed by atoms with E-state index in [0.717, 1.165) is 69.7 Å². The van der Waals surface area contributed by atoms with E-state index in [1.807, 2.05) is 30.6 Å². The molecule has 0 saturated carbocycles. The van der Waals surface area contributed by atoms with E-state index in [9.17, 15) is 0 Å². The van der Waals surface area contributed by atoms with Gasteiger partial charge in [-0.2, -0.15) is 5.10 Å².